The molecule has 0 spiro atoms. The Balaban J connectivity index is 1.65. The Morgan fingerprint density at radius 1 is 1.23 bits per heavy atom. The number of nitrogens with two attached hydrogens (primary N) is 1. The van der Waals surface area contributed by atoms with E-state index in [-0.39, 0.29) is 11.7 Å². The van der Waals surface area contributed by atoms with Crippen LogP contribution in [0.1, 0.15) is 41.2 Å². The number of rotatable bonds is 7. The number of nitrogens with one attached hydrogen (secondary N) is 1. The first kappa shape index (κ1) is 21.4. The fourth-order valence-corrected chi connectivity index (χ4v) is 6.72. The summed E-state index contributed by atoms with van der Waals surface area (Å²) < 4.78 is 26.5. The Hall–Kier alpha value is -1.87. The SMILES string of the molecule is NC(=O)c1[nH]c2ccc(-c3ccsc3)cc2c1C1CCN(S(=O)(=O)CCCCl)CC1. The molecule has 0 radical (unpaired) electrons. The number of piperidine rings is 1. The quantitative estimate of drug-likeness (QED) is 0.513. The van der Waals surface area contributed by atoms with Crippen LogP contribution in [0.3, 0.4) is 0 Å². The number of thiophene rings is 1. The summed E-state index contributed by atoms with van der Waals surface area (Å²) >= 11 is 7.30. The van der Waals surface area contributed by atoms with E-state index in [1.807, 2.05) is 17.5 Å². The maximum absolute atomic E-state index is 12.5. The first-order chi connectivity index (χ1) is 14.4. The summed E-state index contributed by atoms with van der Waals surface area (Å²) in [6.45, 7) is 0.870. The number of carbonyl (C=O) groups excluding carboxylic acids is 1. The van der Waals surface area contributed by atoms with Crippen LogP contribution in [-0.4, -0.2) is 48.3 Å². The molecular weight excluding hydrogens is 442 g/mol. The number of halogens is 1. The van der Waals surface area contributed by atoms with Gasteiger partial charge in [0.15, 0.2) is 0 Å². The number of H-pyrrole nitrogens is 1. The summed E-state index contributed by atoms with van der Waals surface area (Å²) in [6.07, 6.45) is 1.75. The van der Waals surface area contributed by atoms with Crippen LogP contribution >= 0.6 is 22.9 Å². The third kappa shape index (κ3) is 4.14. The minimum absolute atomic E-state index is 0.0680. The van der Waals surface area contributed by atoms with Gasteiger partial charge in [-0.1, -0.05) is 6.07 Å². The molecule has 0 atom stereocenters. The number of alkyl halides is 1. The summed E-state index contributed by atoms with van der Waals surface area (Å²) in [5.74, 6) is -0.0153. The van der Waals surface area contributed by atoms with Gasteiger partial charge < -0.3 is 10.7 Å². The van der Waals surface area contributed by atoms with E-state index in [4.69, 9.17) is 17.3 Å². The van der Waals surface area contributed by atoms with Gasteiger partial charge in [-0.05, 0) is 70.8 Å². The number of benzene rings is 1. The number of carbonyl (C=O) groups is 1. The lowest BCUT2D eigenvalue weighted by molar-refractivity contribution is 0.0994. The molecule has 1 saturated heterocycles. The lowest BCUT2D eigenvalue weighted by Crippen LogP contribution is -2.39. The molecule has 0 bridgehead atoms. The van der Waals surface area contributed by atoms with Crippen molar-refractivity contribution >= 4 is 49.8 Å². The molecule has 3 heterocycles. The molecule has 1 fully saturated rings. The van der Waals surface area contributed by atoms with Crippen molar-refractivity contribution in [1.29, 1.82) is 0 Å². The van der Waals surface area contributed by atoms with Crippen LogP contribution in [0.25, 0.3) is 22.0 Å². The van der Waals surface area contributed by atoms with Crippen LogP contribution in [0.15, 0.2) is 35.0 Å². The molecule has 3 aromatic rings. The maximum atomic E-state index is 12.5. The van der Waals surface area contributed by atoms with Crippen molar-refractivity contribution in [1.82, 2.24) is 9.29 Å². The smallest absolute Gasteiger partial charge is 0.265 e. The van der Waals surface area contributed by atoms with Gasteiger partial charge in [0.25, 0.3) is 5.91 Å². The lowest BCUT2D eigenvalue weighted by Gasteiger charge is -2.31. The molecule has 30 heavy (non-hydrogen) atoms. The number of fused-ring (bicyclic) bond motifs is 1. The number of primary amides is 1. The van der Waals surface area contributed by atoms with Gasteiger partial charge in [-0.25, -0.2) is 12.7 Å². The molecule has 0 aliphatic carbocycles. The zero-order chi connectivity index (χ0) is 21.3. The second-order valence-corrected chi connectivity index (χ2v) is 10.8. The van der Waals surface area contributed by atoms with E-state index in [9.17, 15) is 13.2 Å². The van der Waals surface area contributed by atoms with Crippen LogP contribution in [0.4, 0.5) is 0 Å². The fourth-order valence-electron chi connectivity index (χ4n) is 4.23. The van der Waals surface area contributed by atoms with Gasteiger partial charge in [-0.3, -0.25) is 4.79 Å². The first-order valence-corrected chi connectivity index (χ1v) is 13.0. The molecule has 2 aromatic heterocycles. The van der Waals surface area contributed by atoms with Crippen molar-refractivity contribution in [2.45, 2.75) is 25.2 Å². The number of hydrogen-bond donors (Lipinski definition) is 2. The number of aromatic amines is 1. The Labute approximate surface area is 185 Å². The van der Waals surface area contributed by atoms with E-state index in [2.05, 4.69) is 22.5 Å². The maximum Gasteiger partial charge on any atom is 0.265 e. The molecule has 6 nitrogen and oxygen atoms in total. The van der Waals surface area contributed by atoms with Gasteiger partial charge in [0.2, 0.25) is 10.0 Å². The van der Waals surface area contributed by atoms with Gasteiger partial charge in [-0.2, -0.15) is 11.3 Å². The van der Waals surface area contributed by atoms with Crippen molar-refractivity contribution in [3.05, 3.63) is 46.3 Å². The summed E-state index contributed by atoms with van der Waals surface area (Å²) in [6, 6.07) is 8.17. The predicted molar refractivity (Wildman–Crippen MR) is 123 cm³/mol. The van der Waals surface area contributed by atoms with Crippen molar-refractivity contribution in [3.63, 3.8) is 0 Å². The van der Waals surface area contributed by atoms with Gasteiger partial charge in [-0.15, -0.1) is 11.6 Å². The molecule has 4 rings (SSSR count). The predicted octanol–water partition coefficient (Wildman–Crippen LogP) is 4.13. The summed E-state index contributed by atoms with van der Waals surface area (Å²) in [5, 5.41) is 5.11. The zero-order valence-corrected chi connectivity index (χ0v) is 18.8. The van der Waals surface area contributed by atoms with Gasteiger partial charge >= 0.3 is 0 Å². The standard InChI is InChI=1S/C21H24ClN3O3S2/c22-7-1-11-30(27,28)25-8-4-14(5-9-25)19-17-12-15(16-6-10-29-13-16)2-3-18(17)24-20(19)21(23)26/h2-3,6,10,12-14,24H,1,4-5,7-9,11H2,(H2,23,26). The Morgan fingerprint density at radius 3 is 2.63 bits per heavy atom. The van der Waals surface area contributed by atoms with Gasteiger partial charge in [0.05, 0.1) is 5.75 Å². The number of sulfonamides is 1. The van der Waals surface area contributed by atoms with E-state index in [1.54, 1.807) is 15.6 Å². The highest BCUT2D eigenvalue weighted by molar-refractivity contribution is 7.89. The Morgan fingerprint density at radius 2 is 2.00 bits per heavy atom. The number of nitrogens with zero attached hydrogens (tertiary/aromatic N) is 1. The minimum Gasteiger partial charge on any atom is -0.364 e. The van der Waals surface area contributed by atoms with Crippen LogP contribution in [0.5, 0.6) is 0 Å². The number of amides is 1. The van der Waals surface area contributed by atoms with Crippen LogP contribution in [-0.2, 0) is 10.0 Å². The summed E-state index contributed by atoms with van der Waals surface area (Å²) in [7, 11) is -3.29. The average molecular weight is 466 g/mol. The van der Waals surface area contributed by atoms with E-state index in [1.165, 1.54) is 0 Å². The second kappa shape index (κ2) is 8.70. The first-order valence-electron chi connectivity index (χ1n) is 9.92. The lowest BCUT2D eigenvalue weighted by atomic mass is 9.87. The summed E-state index contributed by atoms with van der Waals surface area (Å²) in [4.78, 5) is 15.3. The van der Waals surface area contributed by atoms with E-state index < -0.39 is 15.9 Å². The molecular formula is C21H24ClN3O3S2. The molecule has 0 unspecified atom stereocenters. The molecule has 160 valence electrons. The normalized spacial score (nSPS) is 16.3. The van der Waals surface area contributed by atoms with Crippen LogP contribution in [0.2, 0.25) is 0 Å². The van der Waals surface area contributed by atoms with Gasteiger partial charge in [0, 0.05) is 29.9 Å². The second-order valence-electron chi connectivity index (χ2n) is 7.58. The largest absolute Gasteiger partial charge is 0.364 e. The van der Waals surface area contributed by atoms with E-state index >= 15 is 0 Å². The molecule has 1 amide bonds. The Bertz CT molecular complexity index is 1150. The van der Waals surface area contributed by atoms with Crippen LogP contribution in [0, 0.1) is 0 Å². The molecule has 1 aromatic carbocycles. The van der Waals surface area contributed by atoms with Crippen molar-refractivity contribution in [2.75, 3.05) is 24.7 Å². The zero-order valence-electron chi connectivity index (χ0n) is 16.4. The van der Waals surface area contributed by atoms with E-state index in [0.29, 0.717) is 43.9 Å². The third-order valence-electron chi connectivity index (χ3n) is 5.73. The number of aromatic nitrogens is 1. The highest BCUT2D eigenvalue weighted by Crippen LogP contribution is 2.38. The van der Waals surface area contributed by atoms with Crippen molar-refractivity contribution in [2.24, 2.45) is 5.73 Å². The highest BCUT2D eigenvalue weighted by Gasteiger charge is 2.31. The number of hydrogen-bond acceptors (Lipinski definition) is 4. The van der Waals surface area contributed by atoms with E-state index in [0.717, 1.165) is 27.6 Å². The Kier molecular flexibility index (Phi) is 6.20. The minimum atomic E-state index is -3.29. The van der Waals surface area contributed by atoms with Gasteiger partial charge in [0.1, 0.15) is 5.69 Å². The molecule has 1 aliphatic rings. The van der Waals surface area contributed by atoms with Crippen LogP contribution < -0.4 is 5.73 Å². The highest BCUT2D eigenvalue weighted by atomic mass is 35.5. The average Bonchev–Trinajstić information content (AvgIpc) is 3.40. The monoisotopic (exact) mass is 465 g/mol. The topological polar surface area (TPSA) is 96.3 Å². The molecule has 0 saturated carbocycles. The molecule has 9 heteroatoms. The molecule has 1 aliphatic heterocycles. The fraction of sp³-hybridized carbons (Fsp3) is 0.381. The third-order valence-corrected chi connectivity index (χ3v) is 8.64. The summed E-state index contributed by atoms with van der Waals surface area (Å²) in [5.41, 5.74) is 10.1. The molecule has 3 N–H and O–H groups in total. The van der Waals surface area contributed by atoms with Crippen molar-refractivity contribution < 1.29 is 13.2 Å². The van der Waals surface area contributed by atoms with Crippen molar-refractivity contribution in [3.8, 4) is 11.1 Å².